The normalized spacial score (nSPS) is 10.7. The number of aliphatic hydroxyl groups excluding tert-OH is 1. The summed E-state index contributed by atoms with van der Waals surface area (Å²) >= 11 is 0. The quantitative estimate of drug-likeness (QED) is 0.861. The van der Waals surface area contributed by atoms with E-state index in [0.29, 0.717) is 11.1 Å². The van der Waals surface area contributed by atoms with Crippen LogP contribution in [0.15, 0.2) is 30.6 Å². The molecule has 0 aliphatic carbocycles. The third kappa shape index (κ3) is 2.25. The highest BCUT2D eigenvalue weighted by Gasteiger charge is 2.05. The lowest BCUT2D eigenvalue weighted by Crippen LogP contribution is -2.02. The van der Waals surface area contributed by atoms with Crippen LogP contribution in [0.5, 0.6) is 0 Å². The molecule has 0 aliphatic heterocycles. The maximum absolute atomic E-state index is 13.3. The number of benzene rings is 1. The summed E-state index contributed by atoms with van der Waals surface area (Å²) in [6.45, 7) is 0.109. The Morgan fingerprint density at radius 1 is 1.31 bits per heavy atom. The minimum atomic E-state index is -0.599. The van der Waals surface area contributed by atoms with Crippen molar-refractivity contribution < 1.29 is 13.9 Å². The average Bonchev–Trinajstić information content (AvgIpc) is 2.70. The molecule has 0 fully saturated rings. The molecule has 1 N–H and O–H groups in total. The molecule has 1 aromatic heterocycles. The highest BCUT2D eigenvalue weighted by molar-refractivity contribution is 5.19. The van der Waals surface area contributed by atoms with Gasteiger partial charge in [0, 0.05) is 23.4 Å². The van der Waals surface area contributed by atoms with Crippen molar-refractivity contribution in [2.75, 3.05) is 0 Å². The molecule has 0 saturated carbocycles. The summed E-state index contributed by atoms with van der Waals surface area (Å²) < 4.78 is 27.4. The van der Waals surface area contributed by atoms with E-state index in [9.17, 15) is 8.78 Å². The monoisotopic (exact) mass is 224 g/mol. The van der Waals surface area contributed by atoms with E-state index in [-0.39, 0.29) is 13.2 Å². The fourth-order valence-corrected chi connectivity index (χ4v) is 1.40. The number of nitrogens with zero attached hydrogens (tertiary/aromatic N) is 2. The Labute approximate surface area is 91.0 Å². The second-order valence-corrected chi connectivity index (χ2v) is 3.44. The van der Waals surface area contributed by atoms with Crippen LogP contribution in [0.1, 0.15) is 11.1 Å². The smallest absolute Gasteiger partial charge is 0.131 e. The third-order valence-corrected chi connectivity index (χ3v) is 2.22. The van der Waals surface area contributed by atoms with Gasteiger partial charge < -0.3 is 5.11 Å². The second kappa shape index (κ2) is 4.40. The molecule has 0 spiro atoms. The Balaban J connectivity index is 2.20. The lowest BCUT2D eigenvalue weighted by Gasteiger charge is -2.03. The highest BCUT2D eigenvalue weighted by Crippen LogP contribution is 2.11. The van der Waals surface area contributed by atoms with Crippen molar-refractivity contribution in [2.24, 2.45) is 0 Å². The van der Waals surface area contributed by atoms with Gasteiger partial charge in [-0.15, -0.1) is 0 Å². The van der Waals surface area contributed by atoms with Crippen molar-refractivity contribution in [2.45, 2.75) is 13.2 Å². The first-order valence-corrected chi connectivity index (χ1v) is 4.75. The number of hydrogen-bond donors (Lipinski definition) is 1. The first kappa shape index (κ1) is 10.8. The van der Waals surface area contributed by atoms with Gasteiger partial charge in [0.25, 0.3) is 0 Å². The molecule has 0 saturated heterocycles. The van der Waals surface area contributed by atoms with Crippen LogP contribution in [0, 0.1) is 11.6 Å². The van der Waals surface area contributed by atoms with Gasteiger partial charge in [-0.2, -0.15) is 5.10 Å². The summed E-state index contributed by atoms with van der Waals surface area (Å²) in [5.41, 5.74) is 1.01. The van der Waals surface area contributed by atoms with Crippen LogP contribution in [0.2, 0.25) is 0 Å². The number of hydrogen-bond acceptors (Lipinski definition) is 2. The second-order valence-electron chi connectivity index (χ2n) is 3.44. The predicted molar refractivity (Wildman–Crippen MR) is 53.6 cm³/mol. The Hall–Kier alpha value is -1.75. The lowest BCUT2D eigenvalue weighted by molar-refractivity contribution is 0.281. The van der Waals surface area contributed by atoms with Crippen LogP contribution in [-0.4, -0.2) is 14.9 Å². The van der Waals surface area contributed by atoms with Gasteiger partial charge in [0.2, 0.25) is 0 Å². The van der Waals surface area contributed by atoms with Crippen LogP contribution >= 0.6 is 0 Å². The van der Waals surface area contributed by atoms with Gasteiger partial charge in [-0.05, 0) is 6.07 Å². The molecule has 1 heterocycles. The van der Waals surface area contributed by atoms with E-state index in [0.717, 1.165) is 6.07 Å². The lowest BCUT2D eigenvalue weighted by atomic mass is 10.2. The fraction of sp³-hybridized carbons (Fsp3) is 0.182. The van der Waals surface area contributed by atoms with Gasteiger partial charge >= 0.3 is 0 Å². The first-order chi connectivity index (χ1) is 7.69. The summed E-state index contributed by atoms with van der Waals surface area (Å²) in [5.74, 6) is -1.20. The largest absolute Gasteiger partial charge is 0.392 e. The van der Waals surface area contributed by atoms with Crippen molar-refractivity contribution in [1.82, 2.24) is 9.78 Å². The van der Waals surface area contributed by atoms with Crippen LogP contribution in [0.25, 0.3) is 0 Å². The molecular weight excluding hydrogens is 214 g/mol. The van der Waals surface area contributed by atoms with E-state index in [4.69, 9.17) is 5.11 Å². The molecule has 1 aromatic carbocycles. The predicted octanol–water partition coefficient (Wildman–Crippen LogP) is 1.70. The zero-order valence-electron chi connectivity index (χ0n) is 8.40. The van der Waals surface area contributed by atoms with Gasteiger partial charge in [0.15, 0.2) is 0 Å². The minimum Gasteiger partial charge on any atom is -0.392 e. The summed E-state index contributed by atoms with van der Waals surface area (Å²) in [7, 11) is 0. The van der Waals surface area contributed by atoms with Crippen molar-refractivity contribution in [3.63, 3.8) is 0 Å². The molecule has 5 heteroatoms. The average molecular weight is 224 g/mol. The minimum absolute atomic E-state index is 0.105. The molecule has 16 heavy (non-hydrogen) atoms. The van der Waals surface area contributed by atoms with E-state index in [2.05, 4.69) is 5.10 Å². The maximum Gasteiger partial charge on any atom is 0.131 e. The maximum atomic E-state index is 13.3. The standard InChI is InChI=1S/C11H10F2N2O/c12-10-2-1-9(11(13)3-10)6-15-5-8(7-16)4-14-15/h1-5,16H,6-7H2. The molecule has 0 unspecified atom stereocenters. The number of halogens is 2. The Bertz CT molecular complexity index is 496. The summed E-state index contributed by atoms with van der Waals surface area (Å²) in [4.78, 5) is 0. The Morgan fingerprint density at radius 3 is 2.75 bits per heavy atom. The van der Waals surface area contributed by atoms with Gasteiger partial charge in [-0.1, -0.05) is 6.07 Å². The van der Waals surface area contributed by atoms with E-state index < -0.39 is 11.6 Å². The van der Waals surface area contributed by atoms with E-state index in [1.165, 1.54) is 23.0 Å². The van der Waals surface area contributed by atoms with Crippen LogP contribution < -0.4 is 0 Å². The van der Waals surface area contributed by atoms with E-state index in [1.54, 1.807) is 6.20 Å². The van der Waals surface area contributed by atoms with Gasteiger partial charge in [0.1, 0.15) is 11.6 Å². The van der Waals surface area contributed by atoms with Crippen molar-refractivity contribution >= 4 is 0 Å². The Morgan fingerprint density at radius 2 is 2.12 bits per heavy atom. The van der Waals surface area contributed by atoms with Crippen molar-refractivity contribution in [3.05, 3.63) is 53.4 Å². The molecule has 0 aliphatic rings. The SMILES string of the molecule is OCc1cnn(Cc2ccc(F)cc2F)c1. The van der Waals surface area contributed by atoms with Crippen LogP contribution in [-0.2, 0) is 13.2 Å². The number of aliphatic hydroxyl groups is 1. The Kier molecular flexibility index (Phi) is 2.96. The molecular formula is C11H10F2N2O. The van der Waals surface area contributed by atoms with E-state index >= 15 is 0 Å². The van der Waals surface area contributed by atoms with Crippen molar-refractivity contribution in [1.29, 1.82) is 0 Å². The molecule has 0 bridgehead atoms. The van der Waals surface area contributed by atoms with Crippen LogP contribution in [0.4, 0.5) is 8.78 Å². The fourth-order valence-electron chi connectivity index (χ4n) is 1.40. The first-order valence-electron chi connectivity index (χ1n) is 4.75. The molecule has 2 rings (SSSR count). The highest BCUT2D eigenvalue weighted by atomic mass is 19.1. The zero-order valence-corrected chi connectivity index (χ0v) is 8.40. The molecule has 0 atom stereocenters. The topological polar surface area (TPSA) is 38.1 Å². The van der Waals surface area contributed by atoms with Gasteiger partial charge in [-0.25, -0.2) is 8.78 Å². The molecule has 2 aromatic rings. The third-order valence-electron chi connectivity index (χ3n) is 2.22. The van der Waals surface area contributed by atoms with Crippen LogP contribution in [0.3, 0.4) is 0 Å². The molecule has 3 nitrogen and oxygen atoms in total. The summed E-state index contributed by atoms with van der Waals surface area (Å²) in [5, 5.41) is 12.8. The van der Waals surface area contributed by atoms with Crippen molar-refractivity contribution in [3.8, 4) is 0 Å². The molecule has 84 valence electrons. The summed E-state index contributed by atoms with van der Waals surface area (Å²) in [6, 6.07) is 3.42. The van der Waals surface area contributed by atoms with Gasteiger partial charge in [0.05, 0.1) is 19.3 Å². The molecule has 0 amide bonds. The zero-order chi connectivity index (χ0) is 11.5. The number of rotatable bonds is 3. The van der Waals surface area contributed by atoms with Gasteiger partial charge in [-0.3, -0.25) is 4.68 Å². The number of aromatic nitrogens is 2. The molecule has 0 radical (unpaired) electrons. The van der Waals surface area contributed by atoms with E-state index in [1.807, 2.05) is 0 Å². The summed E-state index contributed by atoms with van der Waals surface area (Å²) in [6.07, 6.45) is 3.12.